The Labute approximate surface area is 171 Å². The lowest BCUT2D eigenvalue weighted by Gasteiger charge is -2.35. The van der Waals surface area contributed by atoms with Gasteiger partial charge in [-0.15, -0.1) is 0 Å². The number of nitrogen functional groups attached to an aromatic ring is 1. The molecule has 0 radical (unpaired) electrons. The van der Waals surface area contributed by atoms with Crippen LogP contribution in [0.5, 0.6) is 0 Å². The fourth-order valence-electron chi connectivity index (χ4n) is 3.84. The van der Waals surface area contributed by atoms with Crippen molar-refractivity contribution in [2.75, 3.05) is 20.2 Å². The number of carbonyl (C=O) groups is 2. The van der Waals surface area contributed by atoms with Gasteiger partial charge in [0.15, 0.2) is 0 Å². The molecule has 1 unspecified atom stereocenters. The molecular formula is C23H27N3O3. The molecule has 152 valence electrons. The van der Waals surface area contributed by atoms with Gasteiger partial charge < -0.3 is 15.3 Å². The first-order chi connectivity index (χ1) is 14.0. The van der Waals surface area contributed by atoms with Gasteiger partial charge >= 0.3 is 5.97 Å². The van der Waals surface area contributed by atoms with Gasteiger partial charge in [-0.1, -0.05) is 48.5 Å². The highest BCUT2D eigenvalue weighted by Crippen LogP contribution is 2.29. The van der Waals surface area contributed by atoms with Crippen molar-refractivity contribution in [3.63, 3.8) is 0 Å². The van der Waals surface area contributed by atoms with Crippen LogP contribution < -0.4 is 5.73 Å². The summed E-state index contributed by atoms with van der Waals surface area (Å²) in [6.07, 6.45) is 3.23. The molecule has 1 aliphatic rings. The van der Waals surface area contributed by atoms with Crippen LogP contribution >= 0.6 is 0 Å². The average Bonchev–Trinajstić information content (AvgIpc) is 2.76. The summed E-state index contributed by atoms with van der Waals surface area (Å²) < 4.78 is 4.76. The molecular weight excluding hydrogens is 366 g/mol. The van der Waals surface area contributed by atoms with Gasteiger partial charge in [-0.2, -0.15) is 0 Å². The minimum atomic E-state index is -0.275. The zero-order valence-corrected chi connectivity index (χ0v) is 16.6. The number of piperidine rings is 1. The van der Waals surface area contributed by atoms with E-state index in [1.807, 2.05) is 48.5 Å². The van der Waals surface area contributed by atoms with Crippen LogP contribution in [-0.2, 0) is 14.3 Å². The number of esters is 1. The van der Waals surface area contributed by atoms with Crippen molar-refractivity contribution >= 4 is 18.1 Å². The van der Waals surface area contributed by atoms with E-state index in [1.54, 1.807) is 0 Å². The standard InChI is InChI=1S/C23H27N3O3/c1-29-22(28)14-16-10-12-26(13-11-16)21(15-27)19-6-2-17(3-7-19)18-4-8-20(9-5-18)23(24)25/h2-9,15-16,21H,10-14H2,1H3,(H3,24,25). The van der Waals surface area contributed by atoms with Crippen molar-refractivity contribution in [2.45, 2.75) is 25.3 Å². The quantitative estimate of drug-likeness (QED) is 0.326. The van der Waals surface area contributed by atoms with E-state index in [2.05, 4.69) is 4.90 Å². The summed E-state index contributed by atoms with van der Waals surface area (Å²) in [6, 6.07) is 15.3. The van der Waals surface area contributed by atoms with Crippen molar-refractivity contribution in [1.29, 1.82) is 5.41 Å². The number of hydrogen-bond acceptors (Lipinski definition) is 5. The number of ether oxygens (including phenoxy) is 1. The number of hydrogen-bond donors (Lipinski definition) is 2. The van der Waals surface area contributed by atoms with Gasteiger partial charge in [0.25, 0.3) is 0 Å². The Hall–Kier alpha value is -2.99. The summed E-state index contributed by atoms with van der Waals surface area (Å²) in [6.45, 7) is 1.58. The van der Waals surface area contributed by atoms with Crippen molar-refractivity contribution in [3.8, 4) is 11.1 Å². The van der Waals surface area contributed by atoms with Crippen LogP contribution in [-0.4, -0.2) is 43.2 Å². The second-order valence-corrected chi connectivity index (χ2v) is 7.45. The SMILES string of the molecule is COC(=O)CC1CCN(C(C=O)c2ccc(-c3ccc(C(=N)N)cc3)cc2)CC1. The molecule has 1 fully saturated rings. The Morgan fingerprint density at radius 1 is 1.14 bits per heavy atom. The third-order valence-corrected chi connectivity index (χ3v) is 5.64. The molecule has 0 saturated carbocycles. The molecule has 29 heavy (non-hydrogen) atoms. The number of benzene rings is 2. The number of nitrogens with two attached hydrogens (primary N) is 1. The van der Waals surface area contributed by atoms with Crippen LogP contribution in [0, 0.1) is 11.3 Å². The van der Waals surface area contributed by atoms with Crippen molar-refractivity contribution in [2.24, 2.45) is 11.7 Å². The van der Waals surface area contributed by atoms with Crippen LogP contribution in [0.25, 0.3) is 11.1 Å². The highest BCUT2D eigenvalue weighted by atomic mass is 16.5. The number of likely N-dealkylation sites (tertiary alicyclic amines) is 1. The second kappa shape index (κ2) is 9.47. The normalized spacial score (nSPS) is 16.2. The minimum Gasteiger partial charge on any atom is -0.469 e. The second-order valence-electron chi connectivity index (χ2n) is 7.45. The Morgan fingerprint density at radius 2 is 1.69 bits per heavy atom. The fourth-order valence-corrected chi connectivity index (χ4v) is 3.84. The summed E-state index contributed by atoms with van der Waals surface area (Å²) in [5, 5.41) is 7.48. The van der Waals surface area contributed by atoms with Crippen molar-refractivity contribution in [1.82, 2.24) is 4.90 Å². The molecule has 6 heteroatoms. The van der Waals surface area contributed by atoms with Crippen LogP contribution in [0.2, 0.25) is 0 Å². The Morgan fingerprint density at radius 3 is 2.17 bits per heavy atom. The molecule has 1 saturated heterocycles. The predicted octanol–water partition coefficient (Wildman–Crippen LogP) is 3.15. The third kappa shape index (κ3) is 5.09. The van der Waals surface area contributed by atoms with Crippen LogP contribution in [0.3, 0.4) is 0 Å². The molecule has 2 aromatic rings. The van der Waals surface area contributed by atoms with Gasteiger partial charge in [-0.3, -0.25) is 15.1 Å². The van der Waals surface area contributed by atoms with Gasteiger partial charge in [0.05, 0.1) is 13.2 Å². The summed E-state index contributed by atoms with van der Waals surface area (Å²) in [5.41, 5.74) is 9.25. The summed E-state index contributed by atoms with van der Waals surface area (Å²) >= 11 is 0. The molecule has 0 aromatic heterocycles. The van der Waals surface area contributed by atoms with Gasteiger partial charge in [-0.05, 0) is 48.5 Å². The van der Waals surface area contributed by atoms with E-state index < -0.39 is 0 Å². The summed E-state index contributed by atoms with van der Waals surface area (Å²) in [4.78, 5) is 25.5. The Kier molecular flexibility index (Phi) is 6.77. The first-order valence-corrected chi connectivity index (χ1v) is 9.82. The smallest absolute Gasteiger partial charge is 0.305 e. The predicted molar refractivity (Wildman–Crippen MR) is 113 cm³/mol. The van der Waals surface area contributed by atoms with E-state index in [9.17, 15) is 9.59 Å². The highest BCUT2D eigenvalue weighted by Gasteiger charge is 2.27. The van der Waals surface area contributed by atoms with Crippen molar-refractivity contribution in [3.05, 3.63) is 59.7 Å². The maximum absolute atomic E-state index is 11.8. The molecule has 2 aromatic carbocycles. The molecule has 3 rings (SSSR count). The first-order valence-electron chi connectivity index (χ1n) is 9.82. The number of carbonyl (C=O) groups excluding carboxylic acids is 2. The third-order valence-electron chi connectivity index (χ3n) is 5.64. The Bertz CT molecular complexity index is 854. The molecule has 1 heterocycles. The zero-order chi connectivity index (χ0) is 20.8. The van der Waals surface area contributed by atoms with E-state index in [4.69, 9.17) is 15.9 Å². The molecule has 6 nitrogen and oxygen atoms in total. The molecule has 0 amide bonds. The fraction of sp³-hybridized carbons (Fsp3) is 0.348. The molecule has 3 N–H and O–H groups in total. The highest BCUT2D eigenvalue weighted by molar-refractivity contribution is 5.95. The number of nitrogens with zero attached hydrogens (tertiary/aromatic N) is 1. The topological polar surface area (TPSA) is 96.5 Å². The lowest BCUT2D eigenvalue weighted by Crippen LogP contribution is -2.38. The van der Waals surface area contributed by atoms with E-state index in [0.717, 1.165) is 48.9 Å². The lowest BCUT2D eigenvalue weighted by molar-refractivity contribution is -0.142. The average molecular weight is 393 g/mol. The molecule has 0 bridgehead atoms. The van der Waals surface area contributed by atoms with Crippen molar-refractivity contribution < 1.29 is 14.3 Å². The van der Waals surface area contributed by atoms with Gasteiger partial charge in [0.1, 0.15) is 12.1 Å². The van der Waals surface area contributed by atoms with Crippen LogP contribution in [0.4, 0.5) is 0 Å². The van der Waals surface area contributed by atoms with Crippen LogP contribution in [0.1, 0.15) is 36.4 Å². The lowest BCUT2D eigenvalue weighted by atomic mass is 9.91. The summed E-state index contributed by atoms with van der Waals surface area (Å²) in [7, 11) is 1.42. The largest absolute Gasteiger partial charge is 0.469 e. The van der Waals surface area contributed by atoms with Gasteiger partial charge in [0.2, 0.25) is 0 Å². The van der Waals surface area contributed by atoms with E-state index in [1.165, 1.54) is 7.11 Å². The maximum atomic E-state index is 11.8. The summed E-state index contributed by atoms with van der Waals surface area (Å²) in [5.74, 6) is 0.213. The van der Waals surface area contributed by atoms with E-state index in [0.29, 0.717) is 17.9 Å². The minimum absolute atomic E-state index is 0.0519. The molecule has 0 aliphatic carbocycles. The molecule has 1 aliphatic heterocycles. The van der Waals surface area contributed by atoms with E-state index >= 15 is 0 Å². The zero-order valence-electron chi connectivity index (χ0n) is 16.6. The van der Waals surface area contributed by atoms with Crippen LogP contribution in [0.15, 0.2) is 48.5 Å². The number of aldehydes is 1. The molecule has 0 spiro atoms. The number of amidine groups is 1. The van der Waals surface area contributed by atoms with Gasteiger partial charge in [0, 0.05) is 12.0 Å². The maximum Gasteiger partial charge on any atom is 0.305 e. The number of rotatable bonds is 7. The Balaban J connectivity index is 1.65. The monoisotopic (exact) mass is 393 g/mol. The molecule has 1 atom stereocenters. The van der Waals surface area contributed by atoms with Gasteiger partial charge in [-0.25, -0.2) is 0 Å². The van der Waals surface area contributed by atoms with E-state index in [-0.39, 0.29) is 17.8 Å². The first kappa shape index (κ1) is 20.7. The number of nitrogens with one attached hydrogen (secondary N) is 1. The number of methoxy groups -OCH3 is 1.